The maximum atomic E-state index is 11.3. The van der Waals surface area contributed by atoms with Crippen molar-refractivity contribution in [2.45, 2.75) is 12.8 Å². The van der Waals surface area contributed by atoms with Gasteiger partial charge in [0.05, 0.1) is 11.3 Å². The molecule has 1 N–H and O–H groups in total. The number of carbonyl (C=O) groups is 1. The molecule has 1 aromatic carbocycles. The number of rotatable bonds is 6. The van der Waals surface area contributed by atoms with Crippen molar-refractivity contribution in [3.8, 4) is 0 Å². The Morgan fingerprint density at radius 1 is 1.32 bits per heavy atom. The van der Waals surface area contributed by atoms with Crippen molar-refractivity contribution in [1.29, 1.82) is 0 Å². The van der Waals surface area contributed by atoms with Gasteiger partial charge in [-0.2, -0.15) is 11.8 Å². The second kappa shape index (κ2) is 7.14. The molecule has 0 aliphatic rings. The molecule has 0 atom stereocenters. The number of amides is 1. The minimum atomic E-state index is 0.118. The number of aryl methyl sites for hydroxylation is 1. The standard InChI is InChI=1S/C15H18N2OS/c1-19-11-15(18)17-9-4-5-12-8-10-16-14-7-3-2-6-13(12)14/h2-3,6-8,10H,4-5,9,11H2,1H3,(H,17,18). The molecule has 0 aliphatic heterocycles. The number of para-hydroxylation sites is 1. The minimum Gasteiger partial charge on any atom is -0.355 e. The van der Waals surface area contributed by atoms with Gasteiger partial charge in [0.15, 0.2) is 0 Å². The highest BCUT2D eigenvalue weighted by Gasteiger charge is 2.02. The van der Waals surface area contributed by atoms with E-state index in [0.717, 1.165) is 24.9 Å². The van der Waals surface area contributed by atoms with E-state index in [2.05, 4.69) is 22.4 Å². The van der Waals surface area contributed by atoms with E-state index < -0.39 is 0 Å². The van der Waals surface area contributed by atoms with Crippen LogP contribution in [0.1, 0.15) is 12.0 Å². The second-order valence-corrected chi connectivity index (χ2v) is 5.24. The third-order valence-corrected chi connectivity index (χ3v) is 3.51. The van der Waals surface area contributed by atoms with Gasteiger partial charge in [0.2, 0.25) is 5.91 Å². The first-order valence-electron chi connectivity index (χ1n) is 6.39. The summed E-state index contributed by atoms with van der Waals surface area (Å²) >= 11 is 1.55. The lowest BCUT2D eigenvalue weighted by molar-refractivity contribution is -0.118. The van der Waals surface area contributed by atoms with E-state index in [1.54, 1.807) is 11.8 Å². The number of aromatic nitrogens is 1. The van der Waals surface area contributed by atoms with Gasteiger partial charge in [0.1, 0.15) is 0 Å². The molecule has 0 fully saturated rings. The van der Waals surface area contributed by atoms with Crippen LogP contribution in [0.3, 0.4) is 0 Å². The van der Waals surface area contributed by atoms with E-state index in [4.69, 9.17) is 0 Å². The molecular formula is C15H18N2OS. The van der Waals surface area contributed by atoms with E-state index in [1.165, 1.54) is 10.9 Å². The Morgan fingerprint density at radius 3 is 3.00 bits per heavy atom. The van der Waals surface area contributed by atoms with Crippen LogP contribution in [-0.4, -0.2) is 29.4 Å². The summed E-state index contributed by atoms with van der Waals surface area (Å²) in [5.74, 6) is 0.658. The Hall–Kier alpha value is -1.55. The predicted molar refractivity (Wildman–Crippen MR) is 81.5 cm³/mol. The molecule has 0 unspecified atom stereocenters. The fourth-order valence-corrected chi connectivity index (χ4v) is 2.43. The average Bonchev–Trinajstić information content (AvgIpc) is 2.44. The van der Waals surface area contributed by atoms with Gasteiger partial charge in [-0.05, 0) is 36.8 Å². The Morgan fingerprint density at radius 2 is 2.16 bits per heavy atom. The molecule has 100 valence electrons. The van der Waals surface area contributed by atoms with Crippen LogP contribution in [0.4, 0.5) is 0 Å². The first-order valence-corrected chi connectivity index (χ1v) is 7.79. The zero-order valence-electron chi connectivity index (χ0n) is 11.1. The molecule has 0 radical (unpaired) electrons. The van der Waals surface area contributed by atoms with Crippen molar-refractivity contribution in [3.05, 3.63) is 42.1 Å². The largest absolute Gasteiger partial charge is 0.355 e. The molecule has 4 heteroatoms. The summed E-state index contributed by atoms with van der Waals surface area (Å²) in [5, 5.41) is 4.14. The molecule has 2 aromatic rings. The van der Waals surface area contributed by atoms with E-state index in [-0.39, 0.29) is 5.91 Å². The number of pyridine rings is 1. The maximum absolute atomic E-state index is 11.3. The van der Waals surface area contributed by atoms with Crippen LogP contribution in [0.2, 0.25) is 0 Å². The lowest BCUT2D eigenvalue weighted by atomic mass is 10.0. The summed E-state index contributed by atoms with van der Waals surface area (Å²) in [4.78, 5) is 15.7. The number of thioether (sulfide) groups is 1. The van der Waals surface area contributed by atoms with Crippen LogP contribution < -0.4 is 5.32 Å². The van der Waals surface area contributed by atoms with Gasteiger partial charge in [-0.25, -0.2) is 0 Å². The van der Waals surface area contributed by atoms with Gasteiger partial charge < -0.3 is 5.32 Å². The smallest absolute Gasteiger partial charge is 0.229 e. The zero-order valence-corrected chi connectivity index (χ0v) is 11.9. The Kier molecular flexibility index (Phi) is 5.21. The molecule has 0 aliphatic carbocycles. The molecule has 2 rings (SSSR count). The fourth-order valence-electron chi connectivity index (χ4n) is 2.06. The Bertz CT molecular complexity index is 551. The number of fused-ring (bicyclic) bond motifs is 1. The van der Waals surface area contributed by atoms with Crippen molar-refractivity contribution >= 4 is 28.6 Å². The van der Waals surface area contributed by atoms with Gasteiger partial charge in [0, 0.05) is 18.1 Å². The second-order valence-electron chi connectivity index (χ2n) is 4.37. The average molecular weight is 274 g/mol. The first kappa shape index (κ1) is 13.9. The van der Waals surface area contributed by atoms with E-state index in [0.29, 0.717) is 5.75 Å². The van der Waals surface area contributed by atoms with Gasteiger partial charge in [-0.15, -0.1) is 0 Å². The van der Waals surface area contributed by atoms with Crippen LogP contribution in [0.5, 0.6) is 0 Å². The molecular weight excluding hydrogens is 256 g/mol. The zero-order chi connectivity index (χ0) is 13.5. The highest BCUT2D eigenvalue weighted by atomic mass is 32.2. The van der Waals surface area contributed by atoms with Gasteiger partial charge in [0.25, 0.3) is 0 Å². The van der Waals surface area contributed by atoms with Gasteiger partial charge in [-0.1, -0.05) is 18.2 Å². The summed E-state index contributed by atoms with van der Waals surface area (Å²) in [7, 11) is 0. The molecule has 19 heavy (non-hydrogen) atoms. The molecule has 1 aromatic heterocycles. The molecule has 0 bridgehead atoms. The fraction of sp³-hybridized carbons (Fsp3) is 0.333. The quantitative estimate of drug-likeness (QED) is 0.823. The molecule has 0 saturated carbocycles. The monoisotopic (exact) mass is 274 g/mol. The minimum absolute atomic E-state index is 0.118. The molecule has 0 saturated heterocycles. The van der Waals surface area contributed by atoms with Crippen molar-refractivity contribution in [2.24, 2.45) is 0 Å². The summed E-state index contributed by atoms with van der Waals surface area (Å²) in [6, 6.07) is 10.2. The third-order valence-electron chi connectivity index (χ3n) is 2.96. The van der Waals surface area contributed by atoms with Crippen molar-refractivity contribution in [1.82, 2.24) is 10.3 Å². The lowest BCUT2D eigenvalue weighted by Gasteiger charge is -2.07. The van der Waals surface area contributed by atoms with E-state index >= 15 is 0 Å². The number of hydrogen-bond acceptors (Lipinski definition) is 3. The van der Waals surface area contributed by atoms with Crippen LogP contribution in [0.15, 0.2) is 36.5 Å². The van der Waals surface area contributed by atoms with Crippen LogP contribution in [0.25, 0.3) is 10.9 Å². The lowest BCUT2D eigenvalue weighted by Crippen LogP contribution is -2.26. The summed E-state index contributed by atoms with van der Waals surface area (Å²) in [6.45, 7) is 0.732. The molecule has 1 amide bonds. The van der Waals surface area contributed by atoms with Gasteiger partial charge >= 0.3 is 0 Å². The van der Waals surface area contributed by atoms with Crippen molar-refractivity contribution in [2.75, 3.05) is 18.6 Å². The summed E-state index contributed by atoms with van der Waals surface area (Å²) in [6.07, 6.45) is 5.70. The van der Waals surface area contributed by atoms with E-state index in [9.17, 15) is 4.79 Å². The number of carbonyl (C=O) groups excluding carboxylic acids is 1. The van der Waals surface area contributed by atoms with E-state index in [1.807, 2.05) is 30.7 Å². The Balaban J connectivity index is 1.90. The predicted octanol–water partition coefficient (Wildman–Crippen LogP) is 2.65. The number of nitrogens with zero attached hydrogens (tertiary/aromatic N) is 1. The van der Waals surface area contributed by atoms with Crippen LogP contribution in [0, 0.1) is 0 Å². The number of hydrogen-bond donors (Lipinski definition) is 1. The Labute approximate surface area is 117 Å². The third kappa shape index (κ3) is 3.96. The normalized spacial score (nSPS) is 10.6. The van der Waals surface area contributed by atoms with Gasteiger partial charge in [-0.3, -0.25) is 9.78 Å². The number of nitrogens with one attached hydrogen (secondary N) is 1. The maximum Gasteiger partial charge on any atom is 0.229 e. The molecule has 1 heterocycles. The highest BCUT2D eigenvalue weighted by molar-refractivity contribution is 7.99. The van der Waals surface area contributed by atoms with Crippen LogP contribution in [-0.2, 0) is 11.2 Å². The number of benzene rings is 1. The van der Waals surface area contributed by atoms with Crippen molar-refractivity contribution in [3.63, 3.8) is 0 Å². The van der Waals surface area contributed by atoms with Crippen molar-refractivity contribution < 1.29 is 4.79 Å². The topological polar surface area (TPSA) is 42.0 Å². The summed E-state index contributed by atoms with van der Waals surface area (Å²) < 4.78 is 0. The van der Waals surface area contributed by atoms with Crippen LogP contribution >= 0.6 is 11.8 Å². The summed E-state index contributed by atoms with van der Waals surface area (Å²) in [5.41, 5.74) is 2.33. The molecule has 3 nitrogen and oxygen atoms in total. The first-order chi connectivity index (χ1) is 9.31. The highest BCUT2D eigenvalue weighted by Crippen LogP contribution is 2.17. The SMILES string of the molecule is CSCC(=O)NCCCc1ccnc2ccccc12. The molecule has 0 spiro atoms.